The third-order valence-corrected chi connectivity index (χ3v) is 5.90. The van der Waals surface area contributed by atoms with Crippen LogP contribution in [-0.2, 0) is 0 Å². The molecule has 0 radical (unpaired) electrons. The van der Waals surface area contributed by atoms with Gasteiger partial charge in [0.15, 0.2) is 0 Å². The van der Waals surface area contributed by atoms with E-state index in [1.54, 1.807) is 0 Å². The summed E-state index contributed by atoms with van der Waals surface area (Å²) in [5, 5.41) is 5.18. The van der Waals surface area contributed by atoms with E-state index >= 15 is 0 Å². The van der Waals surface area contributed by atoms with Crippen LogP contribution in [0.3, 0.4) is 0 Å². The van der Waals surface area contributed by atoms with Gasteiger partial charge in [-0.2, -0.15) is 0 Å². The van der Waals surface area contributed by atoms with E-state index < -0.39 is 0 Å². The quantitative estimate of drug-likeness (QED) is 0.274. The average molecular weight is 373 g/mol. The number of fused-ring (bicyclic) bond motifs is 2. The Balaban J connectivity index is 1.96. The van der Waals surface area contributed by atoms with Crippen LogP contribution in [0.2, 0.25) is 0 Å². The first kappa shape index (κ1) is 17.7. The molecule has 0 spiro atoms. The van der Waals surface area contributed by atoms with Crippen molar-refractivity contribution in [2.24, 2.45) is 0 Å². The summed E-state index contributed by atoms with van der Waals surface area (Å²) in [6.07, 6.45) is 0. The molecule has 0 aliphatic heterocycles. The first-order chi connectivity index (χ1) is 14.1. The van der Waals surface area contributed by atoms with Crippen molar-refractivity contribution in [2.75, 3.05) is 0 Å². The summed E-state index contributed by atoms with van der Waals surface area (Å²) in [6, 6.07) is 33.3. The zero-order valence-corrected chi connectivity index (χ0v) is 17.2. The highest BCUT2D eigenvalue weighted by Crippen LogP contribution is 2.42. The Kier molecular flexibility index (Phi) is 4.21. The minimum atomic E-state index is 1.26. The van der Waals surface area contributed by atoms with Crippen molar-refractivity contribution < 1.29 is 0 Å². The van der Waals surface area contributed by atoms with Gasteiger partial charge >= 0.3 is 0 Å². The van der Waals surface area contributed by atoms with Gasteiger partial charge in [0.1, 0.15) is 0 Å². The van der Waals surface area contributed by atoms with Gasteiger partial charge in [-0.3, -0.25) is 0 Å². The molecule has 0 fully saturated rings. The third-order valence-electron chi connectivity index (χ3n) is 5.90. The molecule has 29 heavy (non-hydrogen) atoms. The summed E-state index contributed by atoms with van der Waals surface area (Å²) in [5.41, 5.74) is 9.24. The molecule has 0 heterocycles. The van der Waals surface area contributed by atoms with E-state index in [2.05, 4.69) is 112 Å². The minimum Gasteiger partial charge on any atom is -0.0622 e. The second-order valence-corrected chi connectivity index (χ2v) is 8.05. The van der Waals surface area contributed by atoms with Gasteiger partial charge in [-0.25, -0.2) is 0 Å². The molecule has 0 N–H and O–H groups in total. The van der Waals surface area contributed by atoms with Gasteiger partial charge in [-0.05, 0) is 87.8 Å². The van der Waals surface area contributed by atoms with E-state index in [9.17, 15) is 0 Å². The number of hydrogen-bond acceptors (Lipinski definition) is 0. The van der Waals surface area contributed by atoms with Crippen molar-refractivity contribution in [2.45, 2.75) is 20.8 Å². The largest absolute Gasteiger partial charge is 0.0622 e. The lowest BCUT2D eigenvalue weighted by Gasteiger charge is -2.19. The SMILES string of the molecule is Cc1cc(C)c(-c2c(-c3ccccc3)ccc3cc4ccccc4cc23)c(C)c1. The number of rotatable bonds is 2. The molecule has 0 saturated heterocycles. The fraction of sp³-hybridized carbons (Fsp3) is 0.103. The van der Waals surface area contributed by atoms with E-state index in [1.165, 1.54) is 60.5 Å². The highest BCUT2D eigenvalue weighted by Gasteiger charge is 2.16. The first-order valence-electron chi connectivity index (χ1n) is 10.2. The van der Waals surface area contributed by atoms with Crippen LogP contribution in [0.15, 0.2) is 91.0 Å². The minimum absolute atomic E-state index is 1.26. The molecule has 5 aromatic carbocycles. The second kappa shape index (κ2) is 6.90. The smallest absolute Gasteiger partial charge is 0.00213 e. The fourth-order valence-corrected chi connectivity index (χ4v) is 4.72. The first-order valence-corrected chi connectivity index (χ1v) is 10.2. The van der Waals surface area contributed by atoms with Crippen LogP contribution in [-0.4, -0.2) is 0 Å². The van der Waals surface area contributed by atoms with Gasteiger partial charge in [0.05, 0.1) is 0 Å². The monoisotopic (exact) mass is 372 g/mol. The summed E-state index contributed by atoms with van der Waals surface area (Å²) in [6.45, 7) is 6.66. The van der Waals surface area contributed by atoms with Crippen LogP contribution in [0.4, 0.5) is 0 Å². The Morgan fingerprint density at radius 1 is 0.483 bits per heavy atom. The summed E-state index contributed by atoms with van der Waals surface area (Å²) in [5.74, 6) is 0. The highest BCUT2D eigenvalue weighted by molar-refractivity contribution is 6.10. The predicted octanol–water partition coefficient (Wildman–Crippen LogP) is 8.25. The maximum Gasteiger partial charge on any atom is -0.00213 e. The molecule has 0 saturated carbocycles. The van der Waals surface area contributed by atoms with Gasteiger partial charge in [0, 0.05) is 0 Å². The molecule has 0 nitrogen and oxygen atoms in total. The lowest BCUT2D eigenvalue weighted by Crippen LogP contribution is -1.95. The van der Waals surface area contributed by atoms with Crippen molar-refractivity contribution in [1.82, 2.24) is 0 Å². The van der Waals surface area contributed by atoms with Gasteiger partial charge in [0.25, 0.3) is 0 Å². The maximum atomic E-state index is 2.37. The normalized spacial score (nSPS) is 11.3. The summed E-state index contributed by atoms with van der Waals surface area (Å²) >= 11 is 0. The summed E-state index contributed by atoms with van der Waals surface area (Å²) < 4.78 is 0. The molecule has 0 atom stereocenters. The van der Waals surface area contributed by atoms with Crippen molar-refractivity contribution >= 4 is 21.5 Å². The molecule has 0 heteroatoms. The second-order valence-electron chi connectivity index (χ2n) is 8.05. The molecule has 0 amide bonds. The van der Waals surface area contributed by atoms with Crippen LogP contribution < -0.4 is 0 Å². The van der Waals surface area contributed by atoms with E-state index in [1.807, 2.05) is 0 Å². The molecule has 0 aromatic heterocycles. The number of aryl methyl sites for hydroxylation is 3. The highest BCUT2D eigenvalue weighted by atomic mass is 14.2. The van der Waals surface area contributed by atoms with Crippen LogP contribution in [0.5, 0.6) is 0 Å². The zero-order chi connectivity index (χ0) is 20.0. The molecule has 0 aliphatic rings. The van der Waals surface area contributed by atoms with Crippen molar-refractivity contribution in [1.29, 1.82) is 0 Å². The van der Waals surface area contributed by atoms with Crippen molar-refractivity contribution in [3.05, 3.63) is 108 Å². The standard InChI is InChI=1S/C29H24/c1-19-15-20(2)28(21(3)16-19)29-26(22-9-5-4-6-10-22)14-13-25-17-23-11-7-8-12-24(23)18-27(25)29/h4-18H,1-3H3. The third kappa shape index (κ3) is 3.02. The molecular formula is C29H24. The molecule has 0 unspecified atom stereocenters. The zero-order valence-electron chi connectivity index (χ0n) is 17.2. The van der Waals surface area contributed by atoms with Crippen LogP contribution in [0.1, 0.15) is 16.7 Å². The number of benzene rings is 5. The van der Waals surface area contributed by atoms with Gasteiger partial charge in [-0.15, -0.1) is 0 Å². The van der Waals surface area contributed by atoms with Gasteiger partial charge < -0.3 is 0 Å². The summed E-state index contributed by atoms with van der Waals surface area (Å²) in [4.78, 5) is 0. The molecular weight excluding hydrogens is 348 g/mol. The van der Waals surface area contributed by atoms with E-state index in [0.717, 1.165) is 0 Å². The number of hydrogen-bond donors (Lipinski definition) is 0. The molecule has 5 aromatic rings. The van der Waals surface area contributed by atoms with Crippen molar-refractivity contribution in [3.63, 3.8) is 0 Å². The Labute approximate surface area is 172 Å². The molecule has 0 bridgehead atoms. The predicted molar refractivity (Wildman–Crippen MR) is 127 cm³/mol. The topological polar surface area (TPSA) is 0 Å². The molecule has 0 aliphatic carbocycles. The van der Waals surface area contributed by atoms with Crippen molar-refractivity contribution in [3.8, 4) is 22.3 Å². The fourth-order valence-electron chi connectivity index (χ4n) is 4.72. The Hall–Kier alpha value is -3.38. The Bertz CT molecular complexity index is 1330. The molecule has 140 valence electrons. The van der Waals surface area contributed by atoms with Gasteiger partial charge in [-0.1, -0.05) is 84.4 Å². The van der Waals surface area contributed by atoms with E-state index in [0.29, 0.717) is 0 Å². The Morgan fingerprint density at radius 2 is 1.10 bits per heavy atom. The summed E-state index contributed by atoms with van der Waals surface area (Å²) in [7, 11) is 0. The maximum absolute atomic E-state index is 2.37. The average Bonchev–Trinajstić information content (AvgIpc) is 2.72. The van der Waals surface area contributed by atoms with Crippen LogP contribution >= 0.6 is 0 Å². The van der Waals surface area contributed by atoms with Gasteiger partial charge in [0.2, 0.25) is 0 Å². The van der Waals surface area contributed by atoms with Crippen LogP contribution in [0, 0.1) is 20.8 Å². The van der Waals surface area contributed by atoms with Crippen LogP contribution in [0.25, 0.3) is 43.8 Å². The van der Waals surface area contributed by atoms with E-state index in [4.69, 9.17) is 0 Å². The molecule has 5 rings (SSSR count). The lowest BCUT2D eigenvalue weighted by molar-refractivity contribution is 1.32. The Morgan fingerprint density at radius 3 is 1.79 bits per heavy atom. The lowest BCUT2D eigenvalue weighted by atomic mass is 9.84. The van der Waals surface area contributed by atoms with E-state index in [-0.39, 0.29) is 0 Å².